The van der Waals surface area contributed by atoms with Crippen molar-refractivity contribution in [3.8, 4) is 5.75 Å². The summed E-state index contributed by atoms with van der Waals surface area (Å²) < 4.78 is 6.27. The van der Waals surface area contributed by atoms with Crippen LogP contribution in [0.25, 0.3) is 0 Å². The van der Waals surface area contributed by atoms with Gasteiger partial charge in [0.15, 0.2) is 0 Å². The Bertz CT molecular complexity index is 599. The monoisotopic (exact) mass is 397 g/mol. The number of benzene rings is 1. The molecule has 0 amide bonds. The normalized spacial score (nSPS) is 10.5. The van der Waals surface area contributed by atoms with Crippen LogP contribution in [0.5, 0.6) is 5.75 Å². The first-order valence-electron chi connectivity index (χ1n) is 7.03. The van der Waals surface area contributed by atoms with Crippen LogP contribution in [-0.2, 0) is 6.42 Å². The molecule has 112 valence electrons. The minimum absolute atomic E-state index is 0.725. The summed E-state index contributed by atoms with van der Waals surface area (Å²) in [4.78, 5) is 9.24. The molecular formula is C16H20IN3O. The molecule has 2 aromatic rings. The number of aryl methyl sites for hydroxylation is 1. The second kappa shape index (κ2) is 7.59. The quantitative estimate of drug-likeness (QED) is 0.754. The summed E-state index contributed by atoms with van der Waals surface area (Å²) in [5.74, 6) is 2.65. The molecule has 1 heterocycles. The van der Waals surface area contributed by atoms with Gasteiger partial charge >= 0.3 is 0 Å². The zero-order valence-corrected chi connectivity index (χ0v) is 14.8. The molecule has 0 aliphatic heterocycles. The lowest BCUT2D eigenvalue weighted by atomic mass is 10.1. The maximum atomic E-state index is 5.18. The molecule has 5 heteroatoms. The van der Waals surface area contributed by atoms with Crippen LogP contribution in [0.3, 0.4) is 0 Å². The average molecular weight is 397 g/mol. The van der Waals surface area contributed by atoms with Gasteiger partial charge in [-0.1, -0.05) is 19.1 Å². The van der Waals surface area contributed by atoms with Gasteiger partial charge in [0, 0.05) is 13.0 Å². The number of anilines is 1. The van der Waals surface area contributed by atoms with E-state index in [0.29, 0.717) is 0 Å². The zero-order valence-electron chi connectivity index (χ0n) is 12.6. The third-order valence-corrected chi connectivity index (χ3v) is 4.42. The molecule has 1 aromatic heterocycles. The molecule has 0 aliphatic carbocycles. The predicted octanol–water partition coefficient (Wildman–Crippen LogP) is 3.81. The molecule has 2 rings (SSSR count). The summed E-state index contributed by atoms with van der Waals surface area (Å²) in [6.45, 7) is 5.10. The van der Waals surface area contributed by atoms with Crippen molar-refractivity contribution in [3.05, 3.63) is 44.9 Å². The Morgan fingerprint density at radius 2 is 1.90 bits per heavy atom. The number of nitrogens with one attached hydrogen (secondary N) is 1. The number of aromatic nitrogens is 2. The molecule has 0 saturated heterocycles. The summed E-state index contributed by atoms with van der Waals surface area (Å²) in [7, 11) is 1.67. The molecule has 0 saturated carbocycles. The van der Waals surface area contributed by atoms with Crippen LogP contribution in [0, 0.1) is 10.5 Å². The van der Waals surface area contributed by atoms with Gasteiger partial charge in [0.05, 0.1) is 16.4 Å². The number of halogens is 1. The molecule has 0 radical (unpaired) electrons. The molecule has 0 fully saturated rings. The third kappa shape index (κ3) is 4.30. The van der Waals surface area contributed by atoms with E-state index in [-0.39, 0.29) is 0 Å². The van der Waals surface area contributed by atoms with E-state index in [1.54, 1.807) is 7.11 Å². The van der Waals surface area contributed by atoms with Gasteiger partial charge in [-0.25, -0.2) is 9.97 Å². The molecule has 1 aromatic carbocycles. The van der Waals surface area contributed by atoms with Gasteiger partial charge in [0.25, 0.3) is 0 Å². The first kappa shape index (κ1) is 16.0. The van der Waals surface area contributed by atoms with Crippen molar-refractivity contribution in [3.63, 3.8) is 0 Å². The maximum Gasteiger partial charge on any atom is 0.143 e. The van der Waals surface area contributed by atoms with Crippen LogP contribution in [0.4, 0.5) is 5.82 Å². The van der Waals surface area contributed by atoms with Gasteiger partial charge in [0.1, 0.15) is 17.4 Å². The van der Waals surface area contributed by atoms with E-state index in [1.165, 1.54) is 5.56 Å². The molecule has 21 heavy (non-hydrogen) atoms. The van der Waals surface area contributed by atoms with Gasteiger partial charge in [0.2, 0.25) is 0 Å². The van der Waals surface area contributed by atoms with E-state index in [4.69, 9.17) is 4.74 Å². The summed E-state index contributed by atoms with van der Waals surface area (Å²) in [6, 6.07) is 8.03. The highest BCUT2D eigenvalue weighted by Crippen LogP contribution is 2.20. The zero-order chi connectivity index (χ0) is 15.2. The van der Waals surface area contributed by atoms with Crippen LogP contribution < -0.4 is 10.1 Å². The second-order valence-corrected chi connectivity index (χ2v) is 5.92. The molecule has 0 unspecified atom stereocenters. The first-order chi connectivity index (χ1) is 10.1. The van der Waals surface area contributed by atoms with E-state index in [0.717, 1.165) is 46.0 Å². The molecule has 0 spiro atoms. The number of hydrogen-bond donors (Lipinski definition) is 1. The van der Waals surface area contributed by atoms with Crippen molar-refractivity contribution in [1.29, 1.82) is 0 Å². The van der Waals surface area contributed by atoms with E-state index in [2.05, 4.69) is 56.9 Å². The third-order valence-electron chi connectivity index (χ3n) is 3.13. The lowest BCUT2D eigenvalue weighted by molar-refractivity contribution is 0.414. The van der Waals surface area contributed by atoms with Gasteiger partial charge in [-0.15, -0.1) is 0 Å². The SMILES string of the molecule is CCCNc1nc(Cc2ccc(OC)cc2)nc(C)c1I. The largest absolute Gasteiger partial charge is 0.497 e. The Hall–Kier alpha value is -1.37. The predicted molar refractivity (Wildman–Crippen MR) is 94.1 cm³/mol. The van der Waals surface area contributed by atoms with Crippen LogP contribution in [0.2, 0.25) is 0 Å². The number of hydrogen-bond acceptors (Lipinski definition) is 4. The van der Waals surface area contributed by atoms with E-state index < -0.39 is 0 Å². The van der Waals surface area contributed by atoms with Crippen LogP contribution >= 0.6 is 22.6 Å². The van der Waals surface area contributed by atoms with Crippen LogP contribution in [0.1, 0.15) is 30.4 Å². The first-order valence-corrected chi connectivity index (χ1v) is 8.11. The van der Waals surface area contributed by atoms with Crippen LogP contribution in [-0.4, -0.2) is 23.6 Å². The highest BCUT2D eigenvalue weighted by atomic mass is 127. The second-order valence-electron chi connectivity index (χ2n) is 4.84. The molecule has 1 N–H and O–H groups in total. The highest BCUT2D eigenvalue weighted by molar-refractivity contribution is 14.1. The van der Waals surface area contributed by atoms with Crippen molar-refractivity contribution in [2.24, 2.45) is 0 Å². The molecule has 0 bridgehead atoms. The van der Waals surface area contributed by atoms with Gasteiger partial charge in [-0.05, 0) is 53.6 Å². The summed E-state index contributed by atoms with van der Waals surface area (Å²) in [6.07, 6.45) is 1.80. The number of ether oxygens (including phenoxy) is 1. The Balaban J connectivity index is 2.20. The van der Waals surface area contributed by atoms with Crippen molar-refractivity contribution in [2.45, 2.75) is 26.7 Å². The Kier molecular flexibility index (Phi) is 5.78. The Morgan fingerprint density at radius 1 is 1.19 bits per heavy atom. The van der Waals surface area contributed by atoms with Crippen molar-refractivity contribution in [2.75, 3.05) is 19.0 Å². The molecule has 4 nitrogen and oxygen atoms in total. The minimum atomic E-state index is 0.725. The minimum Gasteiger partial charge on any atom is -0.497 e. The van der Waals surface area contributed by atoms with Crippen molar-refractivity contribution in [1.82, 2.24) is 9.97 Å². The fourth-order valence-electron chi connectivity index (χ4n) is 1.98. The fraction of sp³-hybridized carbons (Fsp3) is 0.375. The molecule has 0 atom stereocenters. The van der Waals surface area contributed by atoms with E-state index in [9.17, 15) is 0 Å². The summed E-state index contributed by atoms with van der Waals surface area (Å²) in [5, 5.41) is 3.37. The Labute approximate surface area is 139 Å². The van der Waals surface area contributed by atoms with Gasteiger partial charge in [-0.3, -0.25) is 0 Å². The average Bonchev–Trinajstić information content (AvgIpc) is 2.50. The lowest BCUT2D eigenvalue weighted by Crippen LogP contribution is -2.09. The number of nitrogens with zero attached hydrogens (tertiary/aromatic N) is 2. The van der Waals surface area contributed by atoms with Gasteiger partial charge < -0.3 is 10.1 Å². The highest BCUT2D eigenvalue weighted by Gasteiger charge is 2.09. The smallest absolute Gasteiger partial charge is 0.143 e. The van der Waals surface area contributed by atoms with Crippen molar-refractivity contribution < 1.29 is 4.74 Å². The van der Waals surface area contributed by atoms with Crippen LogP contribution in [0.15, 0.2) is 24.3 Å². The topological polar surface area (TPSA) is 47.0 Å². The number of rotatable bonds is 6. The maximum absolute atomic E-state index is 5.18. The number of methoxy groups -OCH3 is 1. The summed E-state index contributed by atoms with van der Waals surface area (Å²) >= 11 is 2.30. The fourth-order valence-corrected chi connectivity index (χ4v) is 2.41. The van der Waals surface area contributed by atoms with E-state index >= 15 is 0 Å². The molecular weight excluding hydrogens is 377 g/mol. The van der Waals surface area contributed by atoms with E-state index in [1.807, 2.05) is 19.1 Å². The Morgan fingerprint density at radius 3 is 2.52 bits per heavy atom. The molecule has 0 aliphatic rings. The van der Waals surface area contributed by atoms with Crippen molar-refractivity contribution >= 4 is 28.4 Å². The standard InChI is InChI=1S/C16H20IN3O/c1-4-9-18-16-15(17)11(2)19-14(20-16)10-12-5-7-13(21-3)8-6-12/h5-8H,4,9-10H2,1-3H3,(H,18,19,20). The summed E-state index contributed by atoms with van der Waals surface area (Å²) in [5.41, 5.74) is 2.20. The lowest BCUT2D eigenvalue weighted by Gasteiger charge is -2.11. The van der Waals surface area contributed by atoms with Gasteiger partial charge in [-0.2, -0.15) is 0 Å².